The number of carbonyl (C=O) groups excluding carboxylic acids is 1. The summed E-state index contributed by atoms with van der Waals surface area (Å²) in [7, 11) is 1.64. The van der Waals surface area contributed by atoms with Gasteiger partial charge in [-0.2, -0.15) is 4.99 Å². The average molecular weight is 381 g/mol. The molecule has 4 rings (SSSR count). The number of carbonyl (C=O) groups is 1. The monoisotopic (exact) mass is 381 g/mol. The van der Waals surface area contributed by atoms with Crippen LogP contribution < -0.4 is 9.54 Å². The minimum absolute atomic E-state index is 0.267. The Labute approximate surface area is 157 Å². The van der Waals surface area contributed by atoms with Crippen LogP contribution in [0.15, 0.2) is 59.6 Å². The molecule has 0 saturated heterocycles. The Kier molecular flexibility index (Phi) is 4.40. The van der Waals surface area contributed by atoms with Crippen molar-refractivity contribution in [2.45, 2.75) is 6.54 Å². The second-order valence-corrected chi connectivity index (χ2v) is 7.46. The number of amides is 1. The Morgan fingerprint density at radius 3 is 3.00 bits per heavy atom. The number of aromatic nitrogens is 2. The molecule has 0 bridgehead atoms. The van der Waals surface area contributed by atoms with Crippen molar-refractivity contribution < 1.29 is 9.53 Å². The van der Waals surface area contributed by atoms with Crippen LogP contribution >= 0.6 is 22.7 Å². The number of fused-ring (bicyclic) bond motifs is 2. The second-order valence-electron chi connectivity index (χ2n) is 5.57. The van der Waals surface area contributed by atoms with Gasteiger partial charge in [0.25, 0.3) is 5.91 Å². The van der Waals surface area contributed by atoms with E-state index < -0.39 is 0 Å². The first-order valence-electron chi connectivity index (χ1n) is 7.90. The first-order valence-corrected chi connectivity index (χ1v) is 9.60. The fraction of sp³-hybridized carbons (Fsp3) is 0.105. The van der Waals surface area contributed by atoms with Crippen LogP contribution in [0.4, 0.5) is 0 Å². The predicted molar refractivity (Wildman–Crippen MR) is 106 cm³/mol. The van der Waals surface area contributed by atoms with Crippen molar-refractivity contribution in [2.75, 3.05) is 7.11 Å². The number of methoxy groups -OCH3 is 1. The number of benzene rings is 2. The van der Waals surface area contributed by atoms with Crippen molar-refractivity contribution in [2.24, 2.45) is 4.99 Å². The van der Waals surface area contributed by atoms with E-state index in [1.54, 1.807) is 24.8 Å². The molecule has 2 aromatic carbocycles. The van der Waals surface area contributed by atoms with Crippen molar-refractivity contribution in [3.63, 3.8) is 0 Å². The Morgan fingerprint density at radius 1 is 1.31 bits per heavy atom. The van der Waals surface area contributed by atoms with E-state index >= 15 is 0 Å². The first kappa shape index (κ1) is 16.7. The summed E-state index contributed by atoms with van der Waals surface area (Å²) in [5.74, 6) is 0.509. The molecule has 0 aliphatic carbocycles. The van der Waals surface area contributed by atoms with E-state index in [2.05, 4.69) is 16.6 Å². The molecular weight excluding hydrogens is 366 g/mol. The van der Waals surface area contributed by atoms with Gasteiger partial charge in [-0.3, -0.25) is 4.79 Å². The molecule has 0 aliphatic heterocycles. The molecule has 5 nitrogen and oxygen atoms in total. The highest BCUT2D eigenvalue weighted by atomic mass is 32.1. The van der Waals surface area contributed by atoms with Crippen LogP contribution in [-0.2, 0) is 6.54 Å². The van der Waals surface area contributed by atoms with Crippen molar-refractivity contribution in [1.29, 1.82) is 0 Å². The van der Waals surface area contributed by atoms with E-state index in [1.165, 1.54) is 22.7 Å². The fourth-order valence-electron chi connectivity index (χ4n) is 2.71. The predicted octanol–water partition coefficient (Wildman–Crippen LogP) is 4.25. The number of allylic oxidation sites excluding steroid dienone is 1. The molecule has 0 unspecified atom stereocenters. The molecule has 0 fully saturated rings. The highest BCUT2D eigenvalue weighted by molar-refractivity contribution is 7.17. The van der Waals surface area contributed by atoms with Crippen LogP contribution in [-0.4, -0.2) is 22.6 Å². The summed E-state index contributed by atoms with van der Waals surface area (Å²) < 4.78 is 9.26. The van der Waals surface area contributed by atoms with Gasteiger partial charge in [-0.05, 0) is 36.4 Å². The third-order valence-electron chi connectivity index (χ3n) is 3.98. The van der Waals surface area contributed by atoms with Crippen molar-refractivity contribution in [3.05, 3.63) is 64.9 Å². The van der Waals surface area contributed by atoms with Crippen molar-refractivity contribution >= 4 is 49.0 Å². The van der Waals surface area contributed by atoms with Gasteiger partial charge in [-0.1, -0.05) is 17.4 Å². The van der Waals surface area contributed by atoms with Crippen LogP contribution in [0, 0.1) is 0 Å². The van der Waals surface area contributed by atoms with Gasteiger partial charge >= 0.3 is 0 Å². The number of hydrogen-bond donors (Lipinski definition) is 0. The molecule has 4 aromatic rings. The van der Waals surface area contributed by atoms with E-state index in [9.17, 15) is 4.79 Å². The zero-order chi connectivity index (χ0) is 18.1. The standard InChI is InChI=1S/C19H15N3O2S2/c1-3-8-22-15-7-5-13(24-2)10-17(15)26-19(22)21-18(23)12-4-6-14-16(9-12)25-11-20-14/h3-7,9-11H,1,8H2,2H3. The summed E-state index contributed by atoms with van der Waals surface area (Å²) in [4.78, 5) is 21.9. The maximum Gasteiger partial charge on any atom is 0.279 e. The molecular formula is C19H15N3O2S2. The van der Waals surface area contributed by atoms with E-state index in [4.69, 9.17) is 4.74 Å². The largest absolute Gasteiger partial charge is 0.497 e. The quantitative estimate of drug-likeness (QED) is 0.497. The normalized spacial score (nSPS) is 12.0. The summed E-state index contributed by atoms with van der Waals surface area (Å²) in [6, 6.07) is 11.3. The van der Waals surface area contributed by atoms with Gasteiger partial charge in [0.2, 0.25) is 0 Å². The Bertz CT molecular complexity index is 1200. The molecule has 0 radical (unpaired) electrons. The Morgan fingerprint density at radius 2 is 2.19 bits per heavy atom. The summed E-state index contributed by atoms with van der Waals surface area (Å²) in [5, 5.41) is 0. The second kappa shape index (κ2) is 6.86. The lowest BCUT2D eigenvalue weighted by Crippen LogP contribution is -2.16. The lowest BCUT2D eigenvalue weighted by atomic mass is 10.2. The lowest BCUT2D eigenvalue weighted by molar-refractivity contribution is 0.0998. The third-order valence-corrected chi connectivity index (χ3v) is 5.81. The van der Waals surface area contributed by atoms with E-state index in [0.717, 1.165) is 26.2 Å². The van der Waals surface area contributed by atoms with Crippen LogP contribution in [0.3, 0.4) is 0 Å². The number of ether oxygens (including phenoxy) is 1. The van der Waals surface area contributed by atoms with Crippen molar-refractivity contribution in [3.8, 4) is 5.75 Å². The molecule has 1 amide bonds. The third kappa shape index (κ3) is 2.95. The number of rotatable bonds is 4. The van der Waals surface area contributed by atoms with Gasteiger partial charge in [0.1, 0.15) is 5.75 Å². The summed E-state index contributed by atoms with van der Waals surface area (Å²) >= 11 is 2.97. The van der Waals surface area contributed by atoms with Gasteiger partial charge < -0.3 is 9.30 Å². The van der Waals surface area contributed by atoms with Crippen LogP contribution in [0.25, 0.3) is 20.4 Å². The molecule has 0 aliphatic rings. The van der Waals surface area contributed by atoms with Gasteiger partial charge in [0, 0.05) is 12.1 Å². The van der Waals surface area contributed by atoms with Crippen molar-refractivity contribution in [1.82, 2.24) is 9.55 Å². The highest BCUT2D eigenvalue weighted by Crippen LogP contribution is 2.24. The Balaban J connectivity index is 1.84. The van der Waals surface area contributed by atoms with Gasteiger partial charge in [-0.15, -0.1) is 17.9 Å². The molecule has 0 atom stereocenters. The minimum atomic E-state index is -0.267. The topological polar surface area (TPSA) is 56.5 Å². The maximum absolute atomic E-state index is 12.7. The summed E-state index contributed by atoms with van der Waals surface area (Å²) in [5.41, 5.74) is 4.22. The van der Waals surface area contributed by atoms with E-state index in [1.807, 2.05) is 34.9 Å². The minimum Gasteiger partial charge on any atom is -0.497 e. The van der Waals surface area contributed by atoms with Crippen LogP contribution in [0.2, 0.25) is 0 Å². The molecule has 130 valence electrons. The zero-order valence-electron chi connectivity index (χ0n) is 14.0. The van der Waals surface area contributed by atoms with E-state index in [0.29, 0.717) is 16.9 Å². The Hall–Kier alpha value is -2.77. The maximum atomic E-state index is 12.7. The van der Waals surface area contributed by atoms with Crippen LogP contribution in [0.1, 0.15) is 10.4 Å². The van der Waals surface area contributed by atoms with Gasteiger partial charge in [-0.25, -0.2) is 4.98 Å². The highest BCUT2D eigenvalue weighted by Gasteiger charge is 2.10. The van der Waals surface area contributed by atoms with Gasteiger partial charge in [0.15, 0.2) is 4.80 Å². The SMILES string of the molecule is C=CCn1c(=NC(=O)c2ccc3ncsc3c2)sc2cc(OC)ccc21. The molecule has 2 aromatic heterocycles. The molecule has 2 heterocycles. The molecule has 7 heteroatoms. The zero-order valence-corrected chi connectivity index (χ0v) is 15.6. The fourth-order valence-corrected chi connectivity index (χ4v) is 4.49. The lowest BCUT2D eigenvalue weighted by Gasteiger charge is -2.02. The summed E-state index contributed by atoms with van der Waals surface area (Å²) in [6.07, 6.45) is 1.79. The number of nitrogens with zero attached hydrogens (tertiary/aromatic N) is 3. The molecule has 26 heavy (non-hydrogen) atoms. The molecule has 0 N–H and O–H groups in total. The molecule has 0 spiro atoms. The van der Waals surface area contributed by atoms with Crippen LogP contribution in [0.5, 0.6) is 5.75 Å². The number of thiazole rings is 2. The summed E-state index contributed by atoms with van der Waals surface area (Å²) in [6.45, 7) is 4.39. The molecule has 0 saturated carbocycles. The number of hydrogen-bond acceptors (Lipinski definition) is 5. The van der Waals surface area contributed by atoms with Gasteiger partial charge in [0.05, 0.1) is 33.1 Å². The first-order chi connectivity index (χ1) is 12.7. The smallest absolute Gasteiger partial charge is 0.279 e. The van der Waals surface area contributed by atoms with E-state index in [-0.39, 0.29) is 5.91 Å². The average Bonchev–Trinajstić information content (AvgIpc) is 3.25.